The van der Waals surface area contributed by atoms with E-state index in [0.29, 0.717) is 31.0 Å². The summed E-state index contributed by atoms with van der Waals surface area (Å²) < 4.78 is 5.54. The Bertz CT molecular complexity index is 887. The van der Waals surface area contributed by atoms with Gasteiger partial charge in [-0.15, -0.1) is 0 Å². The van der Waals surface area contributed by atoms with E-state index in [0.717, 1.165) is 18.4 Å². The number of H-pyrrole nitrogens is 1. The first-order chi connectivity index (χ1) is 12.8. The molecule has 0 spiro atoms. The molecule has 0 unspecified atom stereocenters. The molecule has 1 aromatic heterocycles. The third-order valence-corrected chi connectivity index (χ3v) is 5.00. The molecule has 1 saturated heterocycles. The number of hydrogen-bond donors (Lipinski definition) is 3. The Morgan fingerprint density at radius 3 is 2.65 bits per heavy atom. The highest BCUT2D eigenvalue weighted by Crippen LogP contribution is 2.34. The van der Waals surface area contributed by atoms with Gasteiger partial charge in [0.05, 0.1) is 0 Å². The maximum atomic E-state index is 12.4. The number of ether oxygens (including phenoxy) is 1. The molecular weight excluding hydrogens is 330 g/mol. The third kappa shape index (κ3) is 3.39. The van der Waals surface area contributed by atoms with E-state index >= 15 is 0 Å². The van der Waals surface area contributed by atoms with Crippen molar-refractivity contribution in [1.29, 1.82) is 0 Å². The van der Waals surface area contributed by atoms with Gasteiger partial charge in [0.15, 0.2) is 0 Å². The average Bonchev–Trinajstić information content (AvgIpc) is 3.16. The summed E-state index contributed by atoms with van der Waals surface area (Å²) in [5.74, 6) is 0. The predicted molar refractivity (Wildman–Crippen MR) is 99.1 cm³/mol. The molecule has 0 bridgehead atoms. The first-order valence-electron chi connectivity index (χ1n) is 8.74. The van der Waals surface area contributed by atoms with E-state index in [1.165, 1.54) is 5.56 Å². The Hall–Kier alpha value is -2.93. The van der Waals surface area contributed by atoms with Gasteiger partial charge in [0, 0.05) is 30.9 Å². The molecule has 134 valence electrons. The van der Waals surface area contributed by atoms with Gasteiger partial charge in [-0.1, -0.05) is 30.3 Å². The SMILES string of the molecule is O=C(NCC1(c2ccccc2)CCOCC1)Nc1ccc2n[nH]nc2c1. The number of hydrogen-bond acceptors (Lipinski definition) is 4. The summed E-state index contributed by atoms with van der Waals surface area (Å²) in [7, 11) is 0. The average molecular weight is 351 g/mol. The number of aromatic nitrogens is 3. The lowest BCUT2D eigenvalue weighted by molar-refractivity contribution is 0.0508. The van der Waals surface area contributed by atoms with Crippen molar-refractivity contribution in [2.45, 2.75) is 18.3 Å². The van der Waals surface area contributed by atoms with Gasteiger partial charge in [-0.2, -0.15) is 15.4 Å². The van der Waals surface area contributed by atoms with Crippen LogP contribution >= 0.6 is 0 Å². The van der Waals surface area contributed by atoms with Crippen molar-refractivity contribution in [3.8, 4) is 0 Å². The molecule has 2 aromatic carbocycles. The fraction of sp³-hybridized carbons (Fsp3) is 0.316. The van der Waals surface area contributed by atoms with Crippen LogP contribution in [0.5, 0.6) is 0 Å². The zero-order chi connectivity index (χ0) is 17.8. The number of carbonyl (C=O) groups excluding carboxylic acids is 1. The maximum Gasteiger partial charge on any atom is 0.319 e. The van der Waals surface area contributed by atoms with E-state index in [1.807, 2.05) is 30.3 Å². The van der Waals surface area contributed by atoms with Gasteiger partial charge in [0.25, 0.3) is 0 Å². The van der Waals surface area contributed by atoms with Gasteiger partial charge in [-0.3, -0.25) is 0 Å². The monoisotopic (exact) mass is 351 g/mol. The number of fused-ring (bicyclic) bond motifs is 1. The van der Waals surface area contributed by atoms with Gasteiger partial charge < -0.3 is 15.4 Å². The maximum absolute atomic E-state index is 12.4. The van der Waals surface area contributed by atoms with Gasteiger partial charge in [-0.05, 0) is 36.6 Å². The second-order valence-electron chi connectivity index (χ2n) is 6.59. The summed E-state index contributed by atoms with van der Waals surface area (Å²) in [4.78, 5) is 12.4. The Balaban J connectivity index is 1.44. The smallest absolute Gasteiger partial charge is 0.319 e. The largest absolute Gasteiger partial charge is 0.381 e. The van der Waals surface area contributed by atoms with E-state index in [-0.39, 0.29) is 11.4 Å². The molecule has 26 heavy (non-hydrogen) atoms. The molecule has 4 rings (SSSR count). The lowest BCUT2D eigenvalue weighted by Crippen LogP contribution is -2.45. The van der Waals surface area contributed by atoms with Crippen molar-refractivity contribution in [3.05, 3.63) is 54.1 Å². The standard InChI is InChI=1S/C19H21N5O2/c25-18(21-15-6-7-16-17(12-15)23-24-22-16)20-13-19(8-10-26-11-9-19)14-4-2-1-3-5-14/h1-7,12H,8-11,13H2,(H2,20,21,25)(H,22,23,24). The molecule has 0 atom stereocenters. The van der Waals surface area contributed by atoms with Gasteiger partial charge in [-0.25, -0.2) is 4.79 Å². The van der Waals surface area contributed by atoms with Crippen molar-refractivity contribution >= 4 is 22.8 Å². The Morgan fingerprint density at radius 1 is 1.08 bits per heavy atom. The van der Waals surface area contributed by atoms with Gasteiger partial charge in [0.1, 0.15) is 11.0 Å². The summed E-state index contributed by atoms with van der Waals surface area (Å²) in [5.41, 5.74) is 3.32. The number of benzene rings is 2. The lowest BCUT2D eigenvalue weighted by Gasteiger charge is -2.38. The number of nitrogens with zero attached hydrogens (tertiary/aromatic N) is 2. The fourth-order valence-corrected chi connectivity index (χ4v) is 3.46. The molecule has 1 aliphatic heterocycles. The van der Waals surface area contributed by atoms with Gasteiger partial charge >= 0.3 is 6.03 Å². The van der Waals surface area contributed by atoms with E-state index in [2.05, 4.69) is 38.2 Å². The number of carbonyl (C=O) groups is 1. The van der Waals surface area contributed by atoms with Crippen LogP contribution in [0.3, 0.4) is 0 Å². The third-order valence-electron chi connectivity index (χ3n) is 5.00. The molecule has 1 aliphatic rings. The molecule has 3 N–H and O–H groups in total. The highest BCUT2D eigenvalue weighted by Gasteiger charge is 2.34. The predicted octanol–water partition coefficient (Wildman–Crippen LogP) is 2.83. The zero-order valence-electron chi connectivity index (χ0n) is 14.4. The highest BCUT2D eigenvalue weighted by atomic mass is 16.5. The number of rotatable bonds is 4. The molecule has 7 heteroatoms. The first-order valence-corrected chi connectivity index (χ1v) is 8.74. The lowest BCUT2D eigenvalue weighted by atomic mass is 9.74. The summed E-state index contributed by atoms with van der Waals surface area (Å²) in [6.45, 7) is 1.99. The zero-order valence-corrected chi connectivity index (χ0v) is 14.4. The Kier molecular flexibility index (Phi) is 4.53. The molecule has 7 nitrogen and oxygen atoms in total. The topological polar surface area (TPSA) is 91.9 Å². The van der Waals surface area contributed by atoms with Crippen LogP contribution in [0.25, 0.3) is 11.0 Å². The molecule has 3 aromatic rings. The van der Waals surface area contributed by atoms with Crippen molar-refractivity contribution in [3.63, 3.8) is 0 Å². The van der Waals surface area contributed by atoms with Crippen molar-refractivity contribution < 1.29 is 9.53 Å². The van der Waals surface area contributed by atoms with Crippen LogP contribution in [0.2, 0.25) is 0 Å². The first kappa shape index (κ1) is 16.5. The quantitative estimate of drug-likeness (QED) is 0.674. The molecular formula is C19H21N5O2. The van der Waals surface area contributed by atoms with Crippen molar-refractivity contribution in [2.24, 2.45) is 0 Å². The van der Waals surface area contributed by atoms with Crippen LogP contribution in [-0.4, -0.2) is 41.2 Å². The van der Waals surface area contributed by atoms with Gasteiger partial charge in [0.2, 0.25) is 0 Å². The molecule has 2 amide bonds. The van der Waals surface area contributed by atoms with E-state index in [4.69, 9.17) is 4.74 Å². The van der Waals surface area contributed by atoms with Crippen molar-refractivity contribution in [1.82, 2.24) is 20.7 Å². The molecule has 2 heterocycles. The summed E-state index contributed by atoms with van der Waals surface area (Å²) >= 11 is 0. The van der Waals surface area contributed by atoms with E-state index in [1.54, 1.807) is 6.07 Å². The fourth-order valence-electron chi connectivity index (χ4n) is 3.46. The highest BCUT2D eigenvalue weighted by molar-refractivity contribution is 5.91. The number of nitrogens with one attached hydrogen (secondary N) is 3. The summed E-state index contributed by atoms with van der Waals surface area (Å²) in [6, 6.07) is 15.5. The van der Waals surface area contributed by atoms with Crippen LogP contribution < -0.4 is 10.6 Å². The minimum Gasteiger partial charge on any atom is -0.381 e. The number of amides is 2. The Labute approximate surface area is 151 Å². The second kappa shape index (κ2) is 7.13. The van der Waals surface area contributed by atoms with E-state index < -0.39 is 0 Å². The molecule has 0 radical (unpaired) electrons. The summed E-state index contributed by atoms with van der Waals surface area (Å²) in [6.07, 6.45) is 1.78. The normalized spacial score (nSPS) is 16.3. The molecule has 0 aliphatic carbocycles. The summed E-state index contributed by atoms with van der Waals surface area (Å²) in [5, 5.41) is 16.5. The Morgan fingerprint density at radius 2 is 1.85 bits per heavy atom. The number of anilines is 1. The molecule has 0 saturated carbocycles. The minimum absolute atomic E-state index is 0.0904. The second-order valence-corrected chi connectivity index (χ2v) is 6.59. The van der Waals surface area contributed by atoms with E-state index in [9.17, 15) is 4.79 Å². The van der Waals surface area contributed by atoms with Crippen LogP contribution in [-0.2, 0) is 10.2 Å². The van der Waals surface area contributed by atoms with Crippen molar-refractivity contribution in [2.75, 3.05) is 25.1 Å². The minimum atomic E-state index is -0.227. The molecule has 1 fully saturated rings. The van der Waals surface area contributed by atoms with Crippen LogP contribution in [0.15, 0.2) is 48.5 Å². The van der Waals surface area contributed by atoms with Crippen LogP contribution in [0.4, 0.5) is 10.5 Å². The number of aromatic amines is 1. The van der Waals surface area contributed by atoms with Crippen LogP contribution in [0.1, 0.15) is 18.4 Å². The van der Waals surface area contributed by atoms with Crippen LogP contribution in [0, 0.1) is 0 Å². The number of urea groups is 1.